The molecule has 0 spiro atoms. The van der Waals surface area contributed by atoms with Gasteiger partial charge in [0.25, 0.3) is 0 Å². The van der Waals surface area contributed by atoms with Gasteiger partial charge in [-0.05, 0) is 49.2 Å². The first-order valence-corrected chi connectivity index (χ1v) is 12.1. The predicted molar refractivity (Wildman–Crippen MR) is 125 cm³/mol. The lowest BCUT2D eigenvalue weighted by molar-refractivity contribution is -0.139. The summed E-state index contributed by atoms with van der Waals surface area (Å²) in [6.45, 7) is 2.92. The van der Waals surface area contributed by atoms with E-state index in [2.05, 4.69) is 5.32 Å². The molecule has 8 nitrogen and oxygen atoms in total. The molecular weight excluding hydrogens is 454 g/mol. The van der Waals surface area contributed by atoms with Gasteiger partial charge in [-0.15, -0.1) is 0 Å². The zero-order chi connectivity index (χ0) is 24.1. The maximum Gasteiger partial charge on any atom is 0.244 e. The van der Waals surface area contributed by atoms with E-state index in [-0.39, 0.29) is 12.5 Å². The smallest absolute Gasteiger partial charge is 0.244 e. The van der Waals surface area contributed by atoms with Crippen molar-refractivity contribution in [2.24, 2.45) is 0 Å². The van der Waals surface area contributed by atoms with Gasteiger partial charge >= 0.3 is 0 Å². The van der Waals surface area contributed by atoms with Crippen LogP contribution in [-0.4, -0.2) is 58.1 Å². The molecule has 2 aromatic carbocycles. The Balaban J connectivity index is 2.41. The number of benzene rings is 2. The molecule has 32 heavy (non-hydrogen) atoms. The molecule has 1 N–H and O–H groups in total. The molecule has 0 aliphatic rings. The van der Waals surface area contributed by atoms with Crippen LogP contribution in [-0.2, 0) is 26.2 Å². The molecule has 1 atom stereocenters. The number of ether oxygens (including phenoxy) is 1. The molecule has 0 fully saturated rings. The number of sulfonamides is 1. The molecule has 0 saturated carbocycles. The van der Waals surface area contributed by atoms with Crippen molar-refractivity contribution in [2.75, 3.05) is 31.3 Å². The Labute approximate surface area is 194 Å². The van der Waals surface area contributed by atoms with Crippen LogP contribution in [0.4, 0.5) is 5.69 Å². The number of nitrogens with zero attached hydrogens (tertiary/aromatic N) is 2. The van der Waals surface area contributed by atoms with E-state index in [0.29, 0.717) is 22.0 Å². The van der Waals surface area contributed by atoms with E-state index in [9.17, 15) is 18.0 Å². The third-order valence-corrected chi connectivity index (χ3v) is 6.65. The summed E-state index contributed by atoms with van der Waals surface area (Å²) in [6.07, 6.45) is 1.02. The largest absolute Gasteiger partial charge is 0.497 e. The van der Waals surface area contributed by atoms with Crippen molar-refractivity contribution in [1.29, 1.82) is 0 Å². The Hall–Kier alpha value is -2.78. The van der Waals surface area contributed by atoms with Gasteiger partial charge in [-0.1, -0.05) is 29.8 Å². The van der Waals surface area contributed by atoms with Crippen LogP contribution in [0, 0.1) is 6.92 Å². The molecule has 0 radical (unpaired) electrons. The Kier molecular flexibility index (Phi) is 8.51. The second-order valence-electron chi connectivity index (χ2n) is 7.31. The second kappa shape index (κ2) is 10.7. The first-order valence-electron chi connectivity index (χ1n) is 9.86. The van der Waals surface area contributed by atoms with E-state index in [4.69, 9.17) is 16.3 Å². The Bertz CT molecular complexity index is 1070. The highest BCUT2D eigenvalue weighted by molar-refractivity contribution is 7.92. The summed E-state index contributed by atoms with van der Waals surface area (Å²) in [6, 6.07) is 11.1. The number of methoxy groups -OCH3 is 1. The average Bonchev–Trinajstić information content (AvgIpc) is 2.76. The van der Waals surface area contributed by atoms with Gasteiger partial charge in [0.1, 0.15) is 18.3 Å². The third-order valence-electron chi connectivity index (χ3n) is 5.11. The highest BCUT2D eigenvalue weighted by Crippen LogP contribution is 2.28. The summed E-state index contributed by atoms with van der Waals surface area (Å²) in [4.78, 5) is 27.0. The third kappa shape index (κ3) is 6.14. The molecule has 10 heteroatoms. The van der Waals surface area contributed by atoms with Crippen molar-refractivity contribution >= 4 is 39.1 Å². The quantitative estimate of drug-likeness (QED) is 0.594. The Morgan fingerprint density at radius 2 is 1.78 bits per heavy atom. The highest BCUT2D eigenvalue weighted by atomic mass is 35.5. The Morgan fingerprint density at radius 1 is 1.16 bits per heavy atom. The van der Waals surface area contributed by atoms with E-state index < -0.39 is 28.5 Å². The zero-order valence-electron chi connectivity index (χ0n) is 18.8. The number of amides is 2. The summed E-state index contributed by atoms with van der Waals surface area (Å²) < 4.78 is 31.3. The maximum absolute atomic E-state index is 13.3. The summed E-state index contributed by atoms with van der Waals surface area (Å²) in [5.41, 5.74) is 1.61. The van der Waals surface area contributed by atoms with Crippen LogP contribution in [0.2, 0.25) is 5.02 Å². The van der Waals surface area contributed by atoms with Gasteiger partial charge in [-0.3, -0.25) is 13.9 Å². The van der Waals surface area contributed by atoms with Gasteiger partial charge in [0.05, 0.1) is 19.1 Å². The van der Waals surface area contributed by atoms with Crippen molar-refractivity contribution in [3.8, 4) is 5.75 Å². The summed E-state index contributed by atoms with van der Waals surface area (Å²) in [5.74, 6) is -0.232. The predicted octanol–water partition coefficient (Wildman–Crippen LogP) is 2.59. The average molecular weight is 482 g/mol. The van der Waals surface area contributed by atoms with Crippen LogP contribution in [0.15, 0.2) is 42.5 Å². The molecule has 0 unspecified atom stereocenters. The normalized spacial score (nSPS) is 12.1. The highest BCUT2D eigenvalue weighted by Gasteiger charge is 2.30. The fraction of sp³-hybridized carbons (Fsp3) is 0.364. The van der Waals surface area contributed by atoms with Gasteiger partial charge in [0.2, 0.25) is 21.8 Å². The summed E-state index contributed by atoms with van der Waals surface area (Å²) >= 11 is 6.17. The lowest BCUT2D eigenvalue weighted by Gasteiger charge is -2.31. The SMILES string of the molecule is CNC(=O)[C@@H](C)N(Cc1ccc(OC)cc1)C(=O)CN(c1cccc(Cl)c1C)S(C)(=O)=O. The van der Waals surface area contributed by atoms with E-state index in [1.807, 2.05) is 0 Å². The van der Waals surface area contributed by atoms with Crippen molar-refractivity contribution in [2.45, 2.75) is 26.4 Å². The number of anilines is 1. The molecule has 0 aromatic heterocycles. The summed E-state index contributed by atoms with van der Waals surface area (Å²) in [7, 11) is -0.778. The van der Waals surface area contributed by atoms with Gasteiger partial charge < -0.3 is 15.0 Å². The monoisotopic (exact) mass is 481 g/mol. The molecule has 2 amide bonds. The Morgan fingerprint density at radius 3 is 2.31 bits per heavy atom. The number of rotatable bonds is 9. The minimum atomic E-state index is -3.81. The number of carbonyl (C=O) groups is 2. The minimum Gasteiger partial charge on any atom is -0.497 e. The first kappa shape index (κ1) is 25.5. The number of hydrogen-bond acceptors (Lipinski definition) is 5. The number of halogens is 1. The van der Waals surface area contributed by atoms with Crippen molar-refractivity contribution in [1.82, 2.24) is 10.2 Å². The van der Waals surface area contributed by atoms with E-state index in [1.165, 1.54) is 11.9 Å². The van der Waals surface area contributed by atoms with Crippen LogP contribution >= 0.6 is 11.6 Å². The number of likely N-dealkylation sites (N-methyl/N-ethyl adjacent to an activating group) is 1. The molecule has 2 aromatic rings. The molecule has 174 valence electrons. The standard InChI is InChI=1S/C22H28ClN3O5S/c1-15-19(23)7-6-8-20(15)26(32(5,29)30)14-21(27)25(16(2)22(28)24-3)13-17-9-11-18(31-4)12-10-17/h6-12,16H,13-14H2,1-5H3,(H,24,28)/t16-/m1/s1. The molecule has 0 heterocycles. The first-order chi connectivity index (χ1) is 15.0. The molecular formula is C22H28ClN3O5S. The van der Waals surface area contributed by atoms with Crippen LogP contribution < -0.4 is 14.4 Å². The van der Waals surface area contributed by atoms with Gasteiger partial charge in [-0.2, -0.15) is 0 Å². The van der Waals surface area contributed by atoms with E-state index in [0.717, 1.165) is 16.1 Å². The van der Waals surface area contributed by atoms with Crippen molar-refractivity contribution in [3.63, 3.8) is 0 Å². The topological polar surface area (TPSA) is 96.0 Å². The fourth-order valence-electron chi connectivity index (χ4n) is 3.18. The van der Waals surface area contributed by atoms with Gasteiger partial charge in [0.15, 0.2) is 0 Å². The van der Waals surface area contributed by atoms with Gasteiger partial charge in [-0.25, -0.2) is 8.42 Å². The maximum atomic E-state index is 13.3. The van der Waals surface area contributed by atoms with Crippen LogP contribution in [0.3, 0.4) is 0 Å². The van der Waals surface area contributed by atoms with Crippen molar-refractivity contribution in [3.05, 3.63) is 58.6 Å². The van der Waals surface area contributed by atoms with Crippen LogP contribution in [0.5, 0.6) is 5.75 Å². The van der Waals surface area contributed by atoms with Crippen LogP contribution in [0.1, 0.15) is 18.1 Å². The number of hydrogen-bond donors (Lipinski definition) is 1. The fourth-order valence-corrected chi connectivity index (χ4v) is 4.25. The minimum absolute atomic E-state index is 0.115. The lowest BCUT2D eigenvalue weighted by atomic mass is 10.1. The molecule has 0 aliphatic heterocycles. The number of nitrogens with one attached hydrogen (secondary N) is 1. The number of carbonyl (C=O) groups excluding carboxylic acids is 2. The molecule has 0 saturated heterocycles. The van der Waals surface area contributed by atoms with E-state index >= 15 is 0 Å². The van der Waals surface area contributed by atoms with E-state index in [1.54, 1.807) is 63.4 Å². The second-order valence-corrected chi connectivity index (χ2v) is 9.63. The lowest BCUT2D eigenvalue weighted by Crippen LogP contribution is -2.50. The van der Waals surface area contributed by atoms with Crippen LogP contribution in [0.25, 0.3) is 0 Å². The summed E-state index contributed by atoms with van der Waals surface area (Å²) in [5, 5.41) is 2.92. The molecule has 0 bridgehead atoms. The van der Waals surface area contributed by atoms with Gasteiger partial charge in [0, 0.05) is 18.6 Å². The molecule has 0 aliphatic carbocycles. The zero-order valence-corrected chi connectivity index (χ0v) is 20.3. The molecule has 2 rings (SSSR count). The van der Waals surface area contributed by atoms with Crippen molar-refractivity contribution < 1.29 is 22.7 Å².